The molecule has 2 saturated carbocycles. The molecule has 0 radical (unpaired) electrons. The minimum Gasteiger partial charge on any atom is -0.427 e. The van der Waals surface area contributed by atoms with Gasteiger partial charge in [-0.15, -0.1) is 0 Å². The van der Waals surface area contributed by atoms with Gasteiger partial charge >= 0.3 is 5.97 Å². The number of methoxy groups -OCH3 is 1. The molecule has 39 heavy (non-hydrogen) atoms. The van der Waals surface area contributed by atoms with Crippen molar-refractivity contribution in [2.75, 3.05) is 33.3 Å². The fourth-order valence-corrected chi connectivity index (χ4v) is 7.13. The molecule has 2 aromatic carbocycles. The van der Waals surface area contributed by atoms with E-state index < -0.39 is 0 Å². The van der Waals surface area contributed by atoms with Crippen molar-refractivity contribution < 1.29 is 19.1 Å². The number of amides is 1. The molecule has 0 N–H and O–H groups in total. The van der Waals surface area contributed by atoms with Crippen LogP contribution in [0.5, 0.6) is 5.75 Å². The van der Waals surface area contributed by atoms with Gasteiger partial charge in [0.15, 0.2) is 0 Å². The number of hydrogen-bond donors (Lipinski definition) is 0. The van der Waals surface area contributed by atoms with Gasteiger partial charge in [0.05, 0.1) is 6.10 Å². The standard InChI is InChI=1S/C33H44N2O4/c1-23(2)20-35(32(37)26-9-6-5-7-10-26)28-18-31(38-4)30-22-34(21-25-13-14-25)16-15-33(30,19-28)27-11-8-12-29(17-27)39-24(3)36/h5-12,17,23,25,28,30-31H,13-16,18-22H2,1-4H3/t28-,30?,31?,33?/m0/s1. The lowest BCUT2D eigenvalue weighted by molar-refractivity contribution is -0.131. The molecule has 3 fully saturated rings. The second-order valence-electron chi connectivity index (χ2n) is 12.4. The highest BCUT2D eigenvalue weighted by atomic mass is 16.5. The number of fused-ring (bicyclic) bond motifs is 1. The highest BCUT2D eigenvalue weighted by molar-refractivity contribution is 5.94. The van der Waals surface area contributed by atoms with Crippen molar-refractivity contribution in [3.8, 4) is 5.75 Å². The van der Waals surface area contributed by atoms with E-state index in [9.17, 15) is 9.59 Å². The van der Waals surface area contributed by atoms with E-state index in [2.05, 4.69) is 35.8 Å². The Balaban J connectivity index is 1.53. The summed E-state index contributed by atoms with van der Waals surface area (Å²) < 4.78 is 11.8. The summed E-state index contributed by atoms with van der Waals surface area (Å²) in [4.78, 5) is 30.5. The predicted molar refractivity (Wildman–Crippen MR) is 153 cm³/mol. The summed E-state index contributed by atoms with van der Waals surface area (Å²) in [6, 6.07) is 17.8. The molecule has 0 bridgehead atoms. The molecule has 1 saturated heterocycles. The first-order valence-corrected chi connectivity index (χ1v) is 14.7. The van der Waals surface area contributed by atoms with Crippen LogP contribution < -0.4 is 4.74 Å². The lowest BCUT2D eigenvalue weighted by Gasteiger charge is -2.57. The summed E-state index contributed by atoms with van der Waals surface area (Å²) in [6.07, 6.45) is 5.43. The molecule has 4 atom stereocenters. The maximum atomic E-state index is 14.0. The molecule has 2 aliphatic carbocycles. The van der Waals surface area contributed by atoms with Crippen molar-refractivity contribution in [1.29, 1.82) is 0 Å². The summed E-state index contributed by atoms with van der Waals surface area (Å²) in [5.74, 6) is 1.86. The number of carbonyl (C=O) groups is 2. The van der Waals surface area contributed by atoms with Crippen molar-refractivity contribution in [3.05, 3.63) is 65.7 Å². The van der Waals surface area contributed by atoms with Crippen molar-refractivity contribution >= 4 is 11.9 Å². The maximum Gasteiger partial charge on any atom is 0.308 e. The third-order valence-electron chi connectivity index (χ3n) is 9.06. The van der Waals surface area contributed by atoms with Crippen molar-refractivity contribution in [3.63, 3.8) is 0 Å². The fourth-order valence-electron chi connectivity index (χ4n) is 7.13. The molecule has 1 amide bonds. The van der Waals surface area contributed by atoms with Crippen LogP contribution in [-0.2, 0) is 14.9 Å². The lowest BCUT2D eigenvalue weighted by Crippen LogP contribution is -2.62. The Kier molecular flexibility index (Phi) is 8.43. The monoisotopic (exact) mass is 532 g/mol. The van der Waals surface area contributed by atoms with Crippen LogP contribution in [0.25, 0.3) is 0 Å². The molecule has 2 aromatic rings. The van der Waals surface area contributed by atoms with Crippen LogP contribution in [0, 0.1) is 17.8 Å². The zero-order chi connectivity index (χ0) is 27.6. The molecule has 0 spiro atoms. The number of hydrogen-bond acceptors (Lipinski definition) is 5. The molecule has 6 heteroatoms. The normalized spacial score (nSPS) is 27.2. The summed E-state index contributed by atoms with van der Waals surface area (Å²) >= 11 is 0. The minimum absolute atomic E-state index is 0.0290. The number of nitrogens with zero attached hydrogens (tertiary/aromatic N) is 2. The number of rotatable bonds is 9. The van der Waals surface area contributed by atoms with Gasteiger partial charge in [0.1, 0.15) is 5.75 Å². The summed E-state index contributed by atoms with van der Waals surface area (Å²) in [5.41, 5.74) is 1.76. The smallest absolute Gasteiger partial charge is 0.308 e. The molecule has 1 aliphatic heterocycles. The van der Waals surface area contributed by atoms with Crippen LogP contribution in [0.4, 0.5) is 0 Å². The van der Waals surface area contributed by atoms with E-state index in [0.717, 1.165) is 43.8 Å². The minimum atomic E-state index is -0.312. The Labute approximate surface area is 233 Å². The largest absolute Gasteiger partial charge is 0.427 e. The highest BCUT2D eigenvalue weighted by Crippen LogP contribution is 2.52. The molecule has 5 rings (SSSR count). The predicted octanol–water partition coefficient (Wildman–Crippen LogP) is 5.56. The van der Waals surface area contributed by atoms with Gasteiger partial charge in [-0.3, -0.25) is 9.59 Å². The van der Waals surface area contributed by atoms with Gasteiger partial charge in [0.25, 0.3) is 5.91 Å². The van der Waals surface area contributed by atoms with Crippen molar-refractivity contribution in [2.24, 2.45) is 17.8 Å². The third kappa shape index (κ3) is 6.22. The van der Waals surface area contributed by atoms with Gasteiger partial charge in [0.2, 0.25) is 0 Å². The van der Waals surface area contributed by atoms with E-state index in [0.29, 0.717) is 24.1 Å². The number of benzene rings is 2. The van der Waals surface area contributed by atoms with E-state index in [-0.39, 0.29) is 29.4 Å². The van der Waals surface area contributed by atoms with Crippen LogP contribution in [0.2, 0.25) is 0 Å². The third-order valence-corrected chi connectivity index (χ3v) is 9.06. The van der Waals surface area contributed by atoms with Gasteiger partial charge in [-0.05, 0) is 80.3 Å². The maximum absolute atomic E-state index is 14.0. The molecule has 1 heterocycles. The zero-order valence-corrected chi connectivity index (χ0v) is 24.0. The Morgan fingerprint density at radius 2 is 1.87 bits per heavy atom. The average molecular weight is 533 g/mol. The topological polar surface area (TPSA) is 59.1 Å². The summed E-state index contributed by atoms with van der Waals surface area (Å²) in [6.45, 7) is 9.71. The average Bonchev–Trinajstić information content (AvgIpc) is 3.75. The van der Waals surface area contributed by atoms with Gasteiger partial charge < -0.3 is 19.3 Å². The number of carbonyl (C=O) groups excluding carboxylic acids is 2. The first-order chi connectivity index (χ1) is 18.8. The van der Waals surface area contributed by atoms with Crippen LogP contribution >= 0.6 is 0 Å². The molecule has 210 valence electrons. The number of ether oxygens (including phenoxy) is 2. The Hall–Kier alpha value is -2.70. The molecule has 0 aromatic heterocycles. The quantitative estimate of drug-likeness (QED) is 0.313. The van der Waals surface area contributed by atoms with Gasteiger partial charge in [0, 0.05) is 56.6 Å². The van der Waals surface area contributed by atoms with E-state index in [1.807, 2.05) is 49.6 Å². The van der Waals surface area contributed by atoms with E-state index in [1.165, 1.54) is 31.9 Å². The van der Waals surface area contributed by atoms with E-state index in [1.54, 1.807) is 0 Å². The van der Waals surface area contributed by atoms with E-state index >= 15 is 0 Å². The van der Waals surface area contributed by atoms with E-state index in [4.69, 9.17) is 9.47 Å². The Morgan fingerprint density at radius 3 is 2.54 bits per heavy atom. The molecular formula is C33H44N2O4. The molecular weight excluding hydrogens is 488 g/mol. The van der Waals surface area contributed by atoms with Crippen LogP contribution in [0.3, 0.4) is 0 Å². The van der Waals surface area contributed by atoms with Crippen LogP contribution in [-0.4, -0.2) is 67.1 Å². The Morgan fingerprint density at radius 1 is 1.10 bits per heavy atom. The second kappa shape index (κ2) is 11.8. The molecule has 6 nitrogen and oxygen atoms in total. The fraction of sp³-hybridized carbons (Fsp3) is 0.576. The lowest BCUT2D eigenvalue weighted by atomic mass is 9.56. The zero-order valence-electron chi connectivity index (χ0n) is 24.0. The van der Waals surface area contributed by atoms with Crippen molar-refractivity contribution in [2.45, 2.75) is 70.4 Å². The molecule has 3 aliphatic rings. The van der Waals surface area contributed by atoms with Gasteiger partial charge in [-0.25, -0.2) is 0 Å². The van der Waals surface area contributed by atoms with Crippen LogP contribution in [0.1, 0.15) is 68.8 Å². The van der Waals surface area contributed by atoms with Crippen molar-refractivity contribution in [1.82, 2.24) is 9.80 Å². The van der Waals surface area contributed by atoms with Crippen LogP contribution in [0.15, 0.2) is 54.6 Å². The summed E-state index contributed by atoms with van der Waals surface area (Å²) in [5, 5.41) is 0. The number of esters is 1. The highest BCUT2D eigenvalue weighted by Gasteiger charge is 2.54. The number of piperidine rings is 1. The Bertz CT molecular complexity index is 1150. The first-order valence-electron chi connectivity index (χ1n) is 14.7. The summed E-state index contributed by atoms with van der Waals surface area (Å²) in [7, 11) is 1.83. The van der Waals surface area contributed by atoms with Gasteiger partial charge in [-0.1, -0.05) is 44.2 Å². The molecule has 3 unspecified atom stereocenters. The van der Waals surface area contributed by atoms with Gasteiger partial charge in [-0.2, -0.15) is 0 Å². The first kappa shape index (κ1) is 27.9. The second-order valence-corrected chi connectivity index (χ2v) is 12.4. The number of likely N-dealkylation sites (tertiary alicyclic amines) is 1. The SMILES string of the molecule is COC1C[C@H](N(CC(C)C)C(=O)c2ccccc2)CC2(c3cccc(OC(C)=O)c3)CCN(CC3CC3)CC12.